The molecular weight excluding hydrogens is 964 g/mol. The van der Waals surface area contributed by atoms with Gasteiger partial charge in [-0.2, -0.15) is 18.2 Å². The van der Waals surface area contributed by atoms with Crippen LogP contribution in [0.15, 0.2) is 170 Å². The molecule has 0 spiro atoms. The van der Waals surface area contributed by atoms with Gasteiger partial charge in [0.2, 0.25) is 0 Å². The van der Waals surface area contributed by atoms with Crippen molar-refractivity contribution >= 4 is 32.8 Å². The maximum atomic E-state index is 9.33. The van der Waals surface area contributed by atoms with Gasteiger partial charge in [-0.15, -0.1) is 29.7 Å². The third kappa shape index (κ3) is 8.58. The third-order valence-corrected chi connectivity index (χ3v) is 10.2. The van der Waals surface area contributed by atoms with Crippen molar-refractivity contribution in [2.24, 2.45) is 10.8 Å². The minimum atomic E-state index is -1.90. The predicted octanol–water partition coefficient (Wildman–Crippen LogP) is 14.1. The Kier molecular flexibility index (Phi) is 7.79. The molecule has 0 unspecified atom stereocenters. The maximum Gasteiger partial charge on any atom is 0.268 e. The summed E-state index contributed by atoms with van der Waals surface area (Å²) in [6, 6.07) is 30.6. The van der Waals surface area contributed by atoms with Gasteiger partial charge in [0.25, 0.3) is 6.33 Å². The monoisotopic (exact) mass is 1030 g/mol. The van der Waals surface area contributed by atoms with E-state index >= 15 is 0 Å². The molecule has 7 aromatic carbocycles. The number of benzene rings is 7. The van der Waals surface area contributed by atoms with E-state index in [1.165, 1.54) is 22.8 Å². The van der Waals surface area contributed by atoms with Crippen LogP contribution in [0.5, 0.6) is 11.5 Å². The summed E-state index contributed by atoms with van der Waals surface area (Å²) in [5.41, 5.74) is 1.43. The number of hydrogen-bond acceptors (Lipinski definition) is 2. The van der Waals surface area contributed by atoms with E-state index in [4.69, 9.17) is 26.2 Å². The van der Waals surface area contributed by atoms with Crippen molar-refractivity contribution < 1.29 is 49.6 Å². The number of pyridine rings is 1. The number of rotatable bonds is 9. The number of aromatic nitrogens is 4. The van der Waals surface area contributed by atoms with Gasteiger partial charge in [0.1, 0.15) is 5.82 Å². The molecule has 320 valence electrons. The second-order valence-electron chi connectivity index (χ2n) is 17.3. The van der Waals surface area contributed by atoms with E-state index < -0.39 is 84.0 Å². The predicted molar refractivity (Wildman–Crippen MR) is 257 cm³/mol. The molecule has 0 atom stereocenters. The second-order valence-corrected chi connectivity index (χ2v) is 17.3. The van der Waals surface area contributed by atoms with Gasteiger partial charge in [-0.3, -0.25) is 4.57 Å². The Morgan fingerprint density at radius 3 is 1.97 bits per heavy atom. The average Bonchev–Trinajstić information content (AvgIpc) is 4.05. The zero-order chi connectivity index (χ0) is 55.6. The molecule has 0 saturated heterocycles. The van der Waals surface area contributed by atoms with Crippen LogP contribution in [0.1, 0.15) is 71.9 Å². The van der Waals surface area contributed by atoms with Gasteiger partial charge < -0.3 is 13.9 Å². The molecule has 3 heterocycles. The average molecular weight is 1030 g/mol. The summed E-state index contributed by atoms with van der Waals surface area (Å²) in [6.07, 6.45) is 1.39. The minimum absolute atomic E-state index is 0. The minimum Gasteiger partial charge on any atom is -0.510 e. The zero-order valence-electron chi connectivity index (χ0n) is 49.9. The molecule has 0 bridgehead atoms. The Hall–Kier alpha value is -6.55. The number of para-hydroxylation sites is 2. The van der Waals surface area contributed by atoms with Crippen molar-refractivity contribution in [2.75, 3.05) is 0 Å². The van der Waals surface area contributed by atoms with Crippen LogP contribution in [-0.2, 0) is 33.8 Å². The van der Waals surface area contributed by atoms with E-state index in [-0.39, 0.29) is 54.8 Å². The maximum absolute atomic E-state index is 9.33. The first-order valence-corrected chi connectivity index (χ1v) is 20.6. The largest absolute Gasteiger partial charge is 0.510 e. The first-order chi connectivity index (χ1) is 36.1. The summed E-state index contributed by atoms with van der Waals surface area (Å²) < 4.78 is 136. The number of ether oxygens (including phenoxy) is 1. The standard InChI is InChI=1S/C58H50N4O.Pt/c1-57(2,3)37-40-27-30-52-54(33-40)60(39-61(52)56-47(42-17-9-7-10-18-42)24-16-25-48(56)43-19-11-8-12-20-43)44-21-15-22-45(35-44)63-46-28-29-50-49-23-13-14-26-51(49)62(53(50)36-46)55-34-41(31-32-59-55)38-58(4,5)6;/h7-34H,37-38H2,1-6H3;/q-2;/i7D,8D,9D,10D,11D,12D,17D,18D,19D,20D,37D2,38D2;. The Labute approximate surface area is 410 Å². The van der Waals surface area contributed by atoms with Crippen LogP contribution < -0.4 is 9.30 Å². The van der Waals surface area contributed by atoms with Crippen molar-refractivity contribution in [3.05, 3.63) is 199 Å². The van der Waals surface area contributed by atoms with E-state index in [1.807, 2.05) is 55.7 Å². The molecule has 0 aliphatic rings. The molecule has 5 nitrogen and oxygen atoms in total. The van der Waals surface area contributed by atoms with Crippen LogP contribution >= 0.6 is 0 Å². The Bertz CT molecular complexity index is 3940. The molecule has 0 radical (unpaired) electrons. The van der Waals surface area contributed by atoms with Crippen LogP contribution in [0.25, 0.3) is 72.3 Å². The topological polar surface area (TPSA) is 35.9 Å². The van der Waals surface area contributed by atoms with E-state index in [9.17, 15) is 2.74 Å². The van der Waals surface area contributed by atoms with Crippen molar-refractivity contribution in [3.63, 3.8) is 0 Å². The van der Waals surface area contributed by atoms with Crippen molar-refractivity contribution in [2.45, 2.75) is 54.3 Å². The first-order valence-electron chi connectivity index (χ1n) is 27.6. The fourth-order valence-electron chi connectivity index (χ4n) is 7.89. The van der Waals surface area contributed by atoms with Gasteiger partial charge in [-0.1, -0.05) is 162 Å². The Morgan fingerprint density at radius 1 is 0.641 bits per heavy atom. The molecule has 64 heavy (non-hydrogen) atoms. The summed E-state index contributed by atoms with van der Waals surface area (Å²) in [5.74, 6) is 1.04. The van der Waals surface area contributed by atoms with E-state index in [2.05, 4.69) is 18.5 Å². The summed E-state index contributed by atoms with van der Waals surface area (Å²) in [7, 11) is 0. The molecule has 10 aromatic rings. The molecule has 0 fully saturated rings. The molecule has 0 aliphatic heterocycles. The Balaban J connectivity index is 0.00000740. The third-order valence-electron chi connectivity index (χ3n) is 10.2. The fraction of sp³-hybridized carbons (Fsp3) is 0.172. The summed E-state index contributed by atoms with van der Waals surface area (Å²) in [6.45, 7) is 10.9. The van der Waals surface area contributed by atoms with Crippen LogP contribution in [0.3, 0.4) is 0 Å². The summed E-state index contributed by atoms with van der Waals surface area (Å²) in [4.78, 5) is 4.72. The first kappa shape index (κ1) is 29.0. The van der Waals surface area contributed by atoms with Crippen molar-refractivity contribution in [3.8, 4) is 50.9 Å². The van der Waals surface area contributed by atoms with Crippen LogP contribution in [0.4, 0.5) is 0 Å². The molecule has 0 aliphatic carbocycles. The molecule has 10 rings (SSSR count). The van der Waals surface area contributed by atoms with Crippen LogP contribution in [0, 0.1) is 29.3 Å². The second kappa shape index (κ2) is 17.2. The zero-order valence-corrected chi connectivity index (χ0v) is 38.2. The van der Waals surface area contributed by atoms with Gasteiger partial charge >= 0.3 is 0 Å². The SMILES string of the molecule is [2H]c1c([2H])c([2H])c(-c2cccc(-c3c([2H])c([2H])c([2H])c([2H])c3[2H])c2-[n+]2[c-]n(-c3[c-]c(Oc4[c-]c5c(cc4)c4ccccc4n5-c4cc(C([2H])([2H])C(C)(C)C)ccn4)ccc3)c3cc(C([2H])([2H])C(C)(C)C)ccc32)c([2H])c1[2H].[Pt]. The smallest absolute Gasteiger partial charge is 0.268 e. The van der Waals surface area contributed by atoms with Gasteiger partial charge in [-0.25, -0.2) is 4.98 Å². The number of fused-ring (bicyclic) bond motifs is 4. The Morgan fingerprint density at radius 2 is 1.28 bits per heavy atom. The van der Waals surface area contributed by atoms with Crippen molar-refractivity contribution in [1.82, 2.24) is 14.1 Å². The number of nitrogens with zero attached hydrogens (tertiary/aromatic N) is 4. The fourth-order valence-corrected chi connectivity index (χ4v) is 7.89. The molecule has 0 N–H and O–H groups in total. The summed E-state index contributed by atoms with van der Waals surface area (Å²) >= 11 is 0. The molecular formula is C58H50N4OPt-2. The molecule has 0 amide bonds. The number of hydrogen-bond donors (Lipinski definition) is 0. The van der Waals surface area contributed by atoms with Crippen LogP contribution in [0.2, 0.25) is 0 Å². The van der Waals surface area contributed by atoms with E-state index in [0.29, 0.717) is 44.9 Å². The molecule has 6 heteroatoms. The van der Waals surface area contributed by atoms with E-state index in [1.54, 1.807) is 86.1 Å². The van der Waals surface area contributed by atoms with Gasteiger partial charge in [-0.05, 0) is 86.7 Å². The van der Waals surface area contributed by atoms with Gasteiger partial charge in [0, 0.05) is 49.8 Å². The normalized spacial score (nSPS) is 15.5. The van der Waals surface area contributed by atoms with E-state index in [0.717, 1.165) is 16.3 Å². The van der Waals surface area contributed by atoms with Gasteiger partial charge in [0.05, 0.1) is 30.4 Å². The van der Waals surface area contributed by atoms with Crippen molar-refractivity contribution in [1.29, 1.82) is 0 Å². The van der Waals surface area contributed by atoms with Gasteiger partial charge in [0.15, 0.2) is 0 Å². The molecule has 0 saturated carbocycles. The van der Waals surface area contributed by atoms with Crippen LogP contribution in [-0.4, -0.2) is 14.1 Å². The summed E-state index contributed by atoms with van der Waals surface area (Å²) in [5, 5.41) is 1.78. The number of imidazole rings is 1. The molecule has 3 aromatic heterocycles. The quantitative estimate of drug-likeness (QED) is 0.107.